The molecule has 2 aromatic carbocycles. The third kappa shape index (κ3) is 6.60. The first-order valence-corrected chi connectivity index (χ1v) is 9.13. The number of hydrogen-bond donors (Lipinski definition) is 0. The molecule has 0 saturated carbocycles. The Morgan fingerprint density at radius 1 is 0.652 bits per heavy atom. The molecule has 23 heavy (non-hydrogen) atoms. The van der Waals surface area contributed by atoms with E-state index in [2.05, 4.69) is 81.4 Å². The van der Waals surface area contributed by atoms with E-state index in [9.17, 15) is 0 Å². The van der Waals surface area contributed by atoms with Crippen LogP contribution in [-0.4, -0.2) is 0 Å². The maximum absolute atomic E-state index is 2.41. The van der Waals surface area contributed by atoms with E-state index in [1.54, 1.807) is 0 Å². The highest BCUT2D eigenvalue weighted by Gasteiger charge is 2.23. The Bertz CT molecular complexity index is 488. The molecule has 2 rings (SSSR count). The molecule has 0 heterocycles. The predicted molar refractivity (Wildman–Crippen MR) is 102 cm³/mol. The summed E-state index contributed by atoms with van der Waals surface area (Å²) >= 11 is 0. The third-order valence-corrected chi connectivity index (χ3v) is 4.95. The van der Waals surface area contributed by atoms with Crippen LogP contribution in [0.5, 0.6) is 0 Å². The Morgan fingerprint density at radius 3 is 1.39 bits per heavy atom. The Morgan fingerprint density at radius 2 is 1.04 bits per heavy atom. The normalized spacial score (nSPS) is 11.8. The molecule has 0 aliphatic rings. The molecule has 0 bridgehead atoms. The zero-order valence-electron chi connectivity index (χ0n) is 15.1. The highest BCUT2D eigenvalue weighted by molar-refractivity contribution is 5.15. The van der Waals surface area contributed by atoms with Crippen LogP contribution in [0.15, 0.2) is 60.7 Å². The highest BCUT2D eigenvalue weighted by atomic mass is 14.3. The molecular formula is C23H32. The fourth-order valence-corrected chi connectivity index (χ4v) is 3.40. The molecule has 0 radical (unpaired) electrons. The summed E-state index contributed by atoms with van der Waals surface area (Å²) in [6.45, 7) is 7.22. The summed E-state index contributed by atoms with van der Waals surface area (Å²) in [5.74, 6) is 0.815. The van der Waals surface area contributed by atoms with Crippen molar-refractivity contribution in [1.29, 1.82) is 0 Å². The van der Waals surface area contributed by atoms with Gasteiger partial charge < -0.3 is 0 Å². The summed E-state index contributed by atoms with van der Waals surface area (Å²) < 4.78 is 0. The summed E-state index contributed by atoms with van der Waals surface area (Å²) in [4.78, 5) is 0. The SMILES string of the molecule is CC(C)(C)C(CCCc1ccccc1)CCCc1ccccc1. The molecule has 0 fully saturated rings. The summed E-state index contributed by atoms with van der Waals surface area (Å²) in [5.41, 5.74) is 3.36. The van der Waals surface area contributed by atoms with Gasteiger partial charge in [-0.25, -0.2) is 0 Å². The average Bonchev–Trinajstić information content (AvgIpc) is 2.54. The largest absolute Gasteiger partial charge is 0.0622 e. The van der Waals surface area contributed by atoms with Gasteiger partial charge in [-0.3, -0.25) is 0 Å². The molecular weight excluding hydrogens is 276 g/mol. The molecule has 0 heteroatoms. The minimum absolute atomic E-state index is 0.410. The van der Waals surface area contributed by atoms with Gasteiger partial charge in [0.25, 0.3) is 0 Å². The van der Waals surface area contributed by atoms with E-state index in [1.807, 2.05) is 0 Å². The third-order valence-electron chi connectivity index (χ3n) is 4.95. The monoisotopic (exact) mass is 308 g/mol. The lowest BCUT2D eigenvalue weighted by atomic mass is 9.75. The number of benzene rings is 2. The van der Waals surface area contributed by atoms with Crippen LogP contribution in [0.4, 0.5) is 0 Å². The quantitative estimate of drug-likeness (QED) is 0.509. The van der Waals surface area contributed by atoms with Gasteiger partial charge >= 0.3 is 0 Å². The van der Waals surface area contributed by atoms with E-state index >= 15 is 0 Å². The lowest BCUT2D eigenvalue weighted by molar-refractivity contribution is 0.204. The van der Waals surface area contributed by atoms with E-state index in [0.717, 1.165) is 5.92 Å². The van der Waals surface area contributed by atoms with E-state index in [0.29, 0.717) is 5.41 Å². The van der Waals surface area contributed by atoms with E-state index < -0.39 is 0 Å². The first-order valence-electron chi connectivity index (χ1n) is 9.13. The van der Waals surface area contributed by atoms with Crippen molar-refractivity contribution in [3.63, 3.8) is 0 Å². The number of aryl methyl sites for hydroxylation is 2. The van der Waals surface area contributed by atoms with Crippen molar-refractivity contribution >= 4 is 0 Å². The second-order valence-electron chi connectivity index (χ2n) is 7.82. The second-order valence-corrected chi connectivity index (χ2v) is 7.82. The zero-order valence-corrected chi connectivity index (χ0v) is 15.1. The topological polar surface area (TPSA) is 0 Å². The minimum Gasteiger partial charge on any atom is -0.0622 e. The first kappa shape index (κ1) is 17.8. The van der Waals surface area contributed by atoms with Crippen LogP contribution >= 0.6 is 0 Å². The second kappa shape index (κ2) is 8.91. The fourth-order valence-electron chi connectivity index (χ4n) is 3.40. The summed E-state index contributed by atoms with van der Waals surface area (Å²) in [7, 11) is 0. The van der Waals surface area contributed by atoms with Crippen molar-refractivity contribution in [2.45, 2.75) is 59.3 Å². The number of rotatable bonds is 8. The molecule has 0 aliphatic carbocycles. The van der Waals surface area contributed by atoms with Crippen molar-refractivity contribution < 1.29 is 0 Å². The van der Waals surface area contributed by atoms with Gasteiger partial charge in [-0.1, -0.05) is 81.4 Å². The van der Waals surface area contributed by atoms with Gasteiger partial charge in [0.1, 0.15) is 0 Å². The molecule has 0 nitrogen and oxygen atoms in total. The maximum atomic E-state index is 2.41. The van der Waals surface area contributed by atoms with E-state index in [4.69, 9.17) is 0 Å². The summed E-state index contributed by atoms with van der Waals surface area (Å²) in [6.07, 6.45) is 7.72. The summed E-state index contributed by atoms with van der Waals surface area (Å²) in [6, 6.07) is 21.8. The van der Waals surface area contributed by atoms with Gasteiger partial charge in [0, 0.05) is 0 Å². The van der Waals surface area contributed by atoms with Crippen LogP contribution < -0.4 is 0 Å². The lowest BCUT2D eigenvalue weighted by Gasteiger charge is -2.31. The van der Waals surface area contributed by atoms with Crippen LogP contribution in [0, 0.1) is 11.3 Å². The van der Waals surface area contributed by atoms with Crippen LogP contribution in [0.2, 0.25) is 0 Å². The molecule has 0 amide bonds. The van der Waals surface area contributed by atoms with Crippen LogP contribution in [-0.2, 0) is 12.8 Å². The van der Waals surface area contributed by atoms with Crippen molar-refractivity contribution in [3.8, 4) is 0 Å². The van der Waals surface area contributed by atoms with Gasteiger partial charge in [-0.2, -0.15) is 0 Å². The van der Waals surface area contributed by atoms with Crippen molar-refractivity contribution in [3.05, 3.63) is 71.8 Å². The van der Waals surface area contributed by atoms with Crippen LogP contribution in [0.3, 0.4) is 0 Å². The molecule has 0 spiro atoms. The van der Waals surface area contributed by atoms with Gasteiger partial charge in [0.15, 0.2) is 0 Å². The molecule has 0 atom stereocenters. The average molecular weight is 309 g/mol. The number of hydrogen-bond acceptors (Lipinski definition) is 0. The molecule has 2 aromatic rings. The Balaban J connectivity index is 1.78. The van der Waals surface area contributed by atoms with Gasteiger partial charge in [0.2, 0.25) is 0 Å². The minimum atomic E-state index is 0.410. The zero-order chi connectivity index (χ0) is 16.5. The fraction of sp³-hybridized carbons (Fsp3) is 0.478. The Kier molecular flexibility index (Phi) is 6.89. The Hall–Kier alpha value is -1.56. The van der Waals surface area contributed by atoms with Gasteiger partial charge in [-0.15, -0.1) is 0 Å². The molecule has 0 N–H and O–H groups in total. The van der Waals surface area contributed by atoms with Crippen LogP contribution in [0.1, 0.15) is 57.6 Å². The smallest absolute Gasteiger partial charge is 0.0279 e. The molecule has 0 saturated heterocycles. The highest BCUT2D eigenvalue weighted by Crippen LogP contribution is 2.34. The summed E-state index contributed by atoms with van der Waals surface area (Å²) in [5, 5.41) is 0. The molecule has 0 aliphatic heterocycles. The lowest BCUT2D eigenvalue weighted by Crippen LogP contribution is -2.21. The van der Waals surface area contributed by atoms with E-state index in [1.165, 1.54) is 49.7 Å². The predicted octanol–water partition coefficient (Wildman–Crippen LogP) is 6.69. The standard InChI is InChI=1S/C23H32/c1-23(2,3)22(18-10-16-20-12-6-4-7-13-20)19-11-17-21-14-8-5-9-15-21/h4-9,12-15,22H,10-11,16-19H2,1-3H3. The van der Waals surface area contributed by atoms with E-state index in [-0.39, 0.29) is 0 Å². The maximum Gasteiger partial charge on any atom is -0.0279 e. The van der Waals surface area contributed by atoms with Crippen molar-refractivity contribution in [2.75, 3.05) is 0 Å². The first-order chi connectivity index (χ1) is 11.1. The van der Waals surface area contributed by atoms with Gasteiger partial charge in [0.05, 0.1) is 0 Å². The van der Waals surface area contributed by atoms with Crippen molar-refractivity contribution in [1.82, 2.24) is 0 Å². The molecule has 0 unspecified atom stereocenters. The van der Waals surface area contributed by atoms with Crippen molar-refractivity contribution in [2.24, 2.45) is 11.3 Å². The Labute approximate surface area is 143 Å². The van der Waals surface area contributed by atoms with Gasteiger partial charge in [-0.05, 0) is 61.0 Å². The van der Waals surface area contributed by atoms with Crippen LogP contribution in [0.25, 0.3) is 0 Å². The molecule has 0 aromatic heterocycles. The molecule has 124 valence electrons.